The van der Waals surface area contributed by atoms with Gasteiger partial charge in [-0.05, 0) is 37.0 Å². The molecule has 0 amide bonds. The molecule has 2 N–H and O–H groups in total. The lowest BCUT2D eigenvalue weighted by atomic mass is 9.78. The van der Waals surface area contributed by atoms with Crippen molar-refractivity contribution in [3.05, 3.63) is 52.3 Å². The SMILES string of the molecule is Cc1ccccc1C1=C2O[C@@H](CN)CCC2C(C)C(Cl)=C1. The molecule has 2 aliphatic rings. The van der Waals surface area contributed by atoms with Crippen molar-refractivity contribution in [2.75, 3.05) is 6.54 Å². The van der Waals surface area contributed by atoms with E-state index in [-0.39, 0.29) is 6.10 Å². The monoisotopic (exact) mass is 303 g/mol. The summed E-state index contributed by atoms with van der Waals surface area (Å²) >= 11 is 6.50. The van der Waals surface area contributed by atoms with E-state index in [1.165, 1.54) is 11.1 Å². The molecule has 3 atom stereocenters. The second kappa shape index (κ2) is 5.86. The lowest BCUT2D eigenvalue weighted by Crippen LogP contribution is -2.34. The quantitative estimate of drug-likeness (QED) is 0.887. The largest absolute Gasteiger partial charge is 0.492 e. The van der Waals surface area contributed by atoms with Gasteiger partial charge in [0.2, 0.25) is 0 Å². The molecule has 2 unspecified atom stereocenters. The normalized spacial score (nSPS) is 28.8. The van der Waals surface area contributed by atoms with Gasteiger partial charge in [0.1, 0.15) is 11.9 Å². The molecular weight excluding hydrogens is 282 g/mol. The van der Waals surface area contributed by atoms with Gasteiger partial charge in [0.05, 0.1) is 0 Å². The van der Waals surface area contributed by atoms with Crippen molar-refractivity contribution in [1.82, 2.24) is 0 Å². The van der Waals surface area contributed by atoms with Crippen LogP contribution in [0.2, 0.25) is 0 Å². The van der Waals surface area contributed by atoms with Gasteiger partial charge in [-0.3, -0.25) is 0 Å². The Labute approximate surface area is 131 Å². The van der Waals surface area contributed by atoms with Crippen LogP contribution in [-0.4, -0.2) is 12.6 Å². The smallest absolute Gasteiger partial charge is 0.110 e. The zero-order chi connectivity index (χ0) is 15.0. The Bertz CT molecular complexity index is 605. The van der Waals surface area contributed by atoms with Crippen LogP contribution in [0.1, 0.15) is 30.9 Å². The number of ether oxygens (including phenoxy) is 1. The van der Waals surface area contributed by atoms with Crippen LogP contribution in [-0.2, 0) is 4.74 Å². The summed E-state index contributed by atoms with van der Waals surface area (Å²) in [6, 6.07) is 8.39. The summed E-state index contributed by atoms with van der Waals surface area (Å²) in [6.45, 7) is 4.88. The fraction of sp³-hybridized carbons (Fsp3) is 0.444. The Morgan fingerprint density at radius 1 is 1.29 bits per heavy atom. The van der Waals surface area contributed by atoms with Gasteiger partial charge >= 0.3 is 0 Å². The van der Waals surface area contributed by atoms with Crippen molar-refractivity contribution in [3.63, 3.8) is 0 Å². The van der Waals surface area contributed by atoms with Gasteiger partial charge in [-0.25, -0.2) is 0 Å². The van der Waals surface area contributed by atoms with Crippen molar-refractivity contribution in [2.24, 2.45) is 17.6 Å². The third-order valence-corrected chi connectivity index (χ3v) is 5.17. The first kappa shape index (κ1) is 14.7. The molecule has 0 bridgehead atoms. The molecule has 3 rings (SSSR count). The average Bonchev–Trinajstić information content (AvgIpc) is 2.51. The number of hydrogen-bond acceptors (Lipinski definition) is 2. The van der Waals surface area contributed by atoms with E-state index in [4.69, 9.17) is 22.1 Å². The van der Waals surface area contributed by atoms with Gasteiger partial charge in [0.25, 0.3) is 0 Å². The number of hydrogen-bond donors (Lipinski definition) is 1. The van der Waals surface area contributed by atoms with E-state index in [9.17, 15) is 0 Å². The predicted molar refractivity (Wildman–Crippen MR) is 87.9 cm³/mol. The highest BCUT2D eigenvalue weighted by atomic mass is 35.5. The number of rotatable bonds is 2. The first-order valence-electron chi connectivity index (χ1n) is 7.65. The summed E-state index contributed by atoms with van der Waals surface area (Å²) in [7, 11) is 0. The molecule has 1 aromatic rings. The number of aryl methyl sites for hydroxylation is 1. The summed E-state index contributed by atoms with van der Waals surface area (Å²) in [4.78, 5) is 0. The van der Waals surface area contributed by atoms with Crippen LogP contribution in [0.4, 0.5) is 0 Å². The van der Waals surface area contributed by atoms with Crippen molar-refractivity contribution >= 4 is 17.2 Å². The van der Waals surface area contributed by atoms with Crippen LogP contribution in [0.15, 0.2) is 41.1 Å². The van der Waals surface area contributed by atoms with Gasteiger partial charge in [-0.2, -0.15) is 0 Å². The molecule has 21 heavy (non-hydrogen) atoms. The first-order valence-corrected chi connectivity index (χ1v) is 8.03. The number of halogens is 1. The number of fused-ring (bicyclic) bond motifs is 1. The molecule has 1 aliphatic carbocycles. The van der Waals surface area contributed by atoms with Gasteiger partial charge in [-0.15, -0.1) is 0 Å². The lowest BCUT2D eigenvalue weighted by Gasteiger charge is -2.38. The highest BCUT2D eigenvalue weighted by Gasteiger charge is 2.36. The summed E-state index contributed by atoms with van der Waals surface area (Å²) in [5.41, 5.74) is 9.40. The summed E-state index contributed by atoms with van der Waals surface area (Å²) in [5.74, 6) is 1.79. The molecular formula is C18H22ClNO. The first-order chi connectivity index (χ1) is 10.1. The number of benzene rings is 1. The molecule has 0 saturated carbocycles. The van der Waals surface area contributed by atoms with E-state index in [0.29, 0.717) is 18.4 Å². The van der Waals surface area contributed by atoms with Crippen LogP contribution < -0.4 is 5.73 Å². The minimum absolute atomic E-state index is 0.132. The Morgan fingerprint density at radius 2 is 2.05 bits per heavy atom. The third kappa shape index (κ3) is 2.63. The van der Waals surface area contributed by atoms with E-state index in [2.05, 4.69) is 44.2 Å². The van der Waals surface area contributed by atoms with Gasteiger partial charge < -0.3 is 10.5 Å². The molecule has 1 saturated heterocycles. The second-order valence-electron chi connectivity index (χ2n) is 6.07. The van der Waals surface area contributed by atoms with Crippen molar-refractivity contribution in [3.8, 4) is 0 Å². The minimum atomic E-state index is 0.132. The molecule has 3 heteroatoms. The molecule has 2 nitrogen and oxygen atoms in total. The maximum atomic E-state index is 6.50. The molecule has 1 aliphatic heterocycles. The second-order valence-corrected chi connectivity index (χ2v) is 6.51. The lowest BCUT2D eigenvalue weighted by molar-refractivity contribution is 0.0426. The standard InChI is InChI=1S/C18H22ClNO/c1-11-5-3-4-6-14(11)16-9-17(19)12(2)15-8-7-13(10-20)21-18(15)16/h3-6,9,12-13,15H,7-8,10,20H2,1-2H3/t12?,13-,15?/m1/s1. The predicted octanol–water partition coefficient (Wildman–Crippen LogP) is 4.23. The van der Waals surface area contributed by atoms with Crippen LogP contribution in [0.3, 0.4) is 0 Å². The number of allylic oxidation sites excluding steroid dienone is 4. The molecule has 1 aromatic carbocycles. The Morgan fingerprint density at radius 3 is 2.76 bits per heavy atom. The minimum Gasteiger partial charge on any atom is -0.492 e. The maximum Gasteiger partial charge on any atom is 0.110 e. The van der Waals surface area contributed by atoms with E-state index >= 15 is 0 Å². The molecule has 0 spiro atoms. The maximum absolute atomic E-state index is 6.50. The topological polar surface area (TPSA) is 35.2 Å². The highest BCUT2D eigenvalue weighted by molar-refractivity contribution is 6.30. The molecule has 0 aromatic heterocycles. The molecule has 1 heterocycles. The van der Waals surface area contributed by atoms with Crippen LogP contribution in [0.5, 0.6) is 0 Å². The zero-order valence-electron chi connectivity index (χ0n) is 12.6. The van der Waals surface area contributed by atoms with E-state index < -0.39 is 0 Å². The Kier molecular flexibility index (Phi) is 4.10. The van der Waals surface area contributed by atoms with Crippen molar-refractivity contribution < 1.29 is 4.74 Å². The third-order valence-electron chi connectivity index (χ3n) is 4.71. The number of nitrogens with two attached hydrogens (primary N) is 1. The summed E-state index contributed by atoms with van der Waals surface area (Å²) < 4.78 is 6.23. The zero-order valence-corrected chi connectivity index (χ0v) is 13.4. The van der Waals surface area contributed by atoms with E-state index in [1.54, 1.807) is 0 Å². The van der Waals surface area contributed by atoms with Gasteiger partial charge in [0, 0.05) is 29.0 Å². The van der Waals surface area contributed by atoms with Crippen LogP contribution in [0.25, 0.3) is 5.57 Å². The van der Waals surface area contributed by atoms with Gasteiger partial charge in [-0.1, -0.05) is 42.8 Å². The fourth-order valence-corrected chi connectivity index (χ4v) is 3.61. The fourth-order valence-electron chi connectivity index (χ4n) is 3.35. The van der Waals surface area contributed by atoms with E-state index in [1.807, 2.05) is 0 Å². The van der Waals surface area contributed by atoms with Gasteiger partial charge in [0.15, 0.2) is 0 Å². The van der Waals surface area contributed by atoms with Crippen molar-refractivity contribution in [2.45, 2.75) is 32.8 Å². The van der Waals surface area contributed by atoms with Crippen LogP contribution in [0, 0.1) is 18.8 Å². The highest BCUT2D eigenvalue weighted by Crippen LogP contribution is 2.46. The average molecular weight is 304 g/mol. The van der Waals surface area contributed by atoms with Crippen molar-refractivity contribution in [1.29, 1.82) is 0 Å². The van der Waals surface area contributed by atoms with E-state index in [0.717, 1.165) is 29.2 Å². The Balaban J connectivity index is 2.12. The Hall–Kier alpha value is -1.25. The summed E-state index contributed by atoms with van der Waals surface area (Å²) in [5, 5.41) is 0.928. The molecule has 0 radical (unpaired) electrons. The van der Waals surface area contributed by atoms with Crippen LogP contribution >= 0.6 is 11.6 Å². The molecule has 1 fully saturated rings. The summed E-state index contributed by atoms with van der Waals surface area (Å²) in [6.07, 6.45) is 4.32. The molecule has 112 valence electrons.